The van der Waals surface area contributed by atoms with Crippen molar-refractivity contribution in [2.45, 2.75) is 18.4 Å². The molecule has 0 unspecified atom stereocenters. The molecular weight excluding hydrogens is 365 g/mol. The Bertz CT molecular complexity index is 744. The highest BCUT2D eigenvalue weighted by molar-refractivity contribution is 9.10. The monoisotopic (exact) mass is 377 g/mol. The molecule has 0 spiro atoms. The molecule has 21 heavy (non-hydrogen) atoms. The molecule has 2 aromatic rings. The molecule has 0 saturated heterocycles. The first-order valence-corrected chi connectivity index (χ1v) is 8.31. The van der Waals surface area contributed by atoms with E-state index < -0.39 is 22.4 Å². The molecule has 0 saturated carbocycles. The molecule has 0 radical (unpaired) electrons. The van der Waals surface area contributed by atoms with Crippen molar-refractivity contribution in [3.63, 3.8) is 0 Å². The summed E-state index contributed by atoms with van der Waals surface area (Å²) in [5, 5.41) is 9.02. The van der Waals surface area contributed by atoms with E-state index in [1.165, 1.54) is 24.3 Å². The predicted molar refractivity (Wildman–Crippen MR) is 78.9 cm³/mol. The Morgan fingerprint density at radius 2 is 2.05 bits per heavy atom. The molecule has 1 aromatic heterocycles. The number of halogens is 2. The molecular formula is C13H13BrFNO4S. The zero-order valence-corrected chi connectivity index (χ0v) is 13.5. The van der Waals surface area contributed by atoms with Gasteiger partial charge in [0.15, 0.2) is 4.67 Å². The molecule has 0 fully saturated rings. The largest absolute Gasteiger partial charge is 0.450 e. The first kappa shape index (κ1) is 16.0. The Balaban J connectivity index is 2.55. The molecule has 2 rings (SSSR count). The fourth-order valence-electron chi connectivity index (χ4n) is 1.89. The molecule has 114 valence electrons. The number of aliphatic hydroxyl groups is 1. The van der Waals surface area contributed by atoms with Crippen LogP contribution < -0.4 is 4.31 Å². The minimum absolute atomic E-state index is 0.0265. The third-order valence-corrected chi connectivity index (χ3v) is 5.58. The number of para-hydroxylation sites is 1. The Hall–Kier alpha value is -1.38. The van der Waals surface area contributed by atoms with Crippen molar-refractivity contribution in [2.75, 3.05) is 10.8 Å². The van der Waals surface area contributed by atoms with Crippen LogP contribution in [0.4, 0.5) is 10.1 Å². The molecule has 0 atom stereocenters. The van der Waals surface area contributed by atoms with Crippen LogP contribution in [0.1, 0.15) is 12.7 Å². The normalized spacial score (nSPS) is 11.6. The highest BCUT2D eigenvalue weighted by Crippen LogP contribution is 2.32. The lowest BCUT2D eigenvalue weighted by Gasteiger charge is -2.22. The fourth-order valence-corrected chi connectivity index (χ4v) is 4.34. The third kappa shape index (κ3) is 2.97. The number of benzene rings is 1. The number of rotatable bonds is 5. The van der Waals surface area contributed by atoms with E-state index >= 15 is 0 Å². The third-order valence-electron chi connectivity index (χ3n) is 2.84. The van der Waals surface area contributed by atoms with Crippen LogP contribution in [0, 0.1) is 5.82 Å². The van der Waals surface area contributed by atoms with Crippen molar-refractivity contribution in [2.24, 2.45) is 0 Å². The average Bonchev–Trinajstić information content (AvgIpc) is 2.83. The quantitative estimate of drug-likeness (QED) is 0.869. The molecule has 1 heterocycles. The summed E-state index contributed by atoms with van der Waals surface area (Å²) < 4.78 is 45.2. The minimum atomic E-state index is -4.01. The summed E-state index contributed by atoms with van der Waals surface area (Å²) in [5.74, 6) is -0.532. The van der Waals surface area contributed by atoms with Gasteiger partial charge in [0.25, 0.3) is 10.0 Å². The lowest BCUT2D eigenvalue weighted by atomic mass is 10.3. The molecule has 0 bridgehead atoms. The number of sulfonamides is 1. The second-order valence-corrected chi connectivity index (χ2v) is 6.68. The van der Waals surface area contributed by atoms with Gasteiger partial charge in [-0.25, -0.2) is 12.8 Å². The van der Waals surface area contributed by atoms with Crippen molar-refractivity contribution in [1.82, 2.24) is 0 Å². The zero-order chi connectivity index (χ0) is 15.6. The average molecular weight is 378 g/mol. The Kier molecular flexibility index (Phi) is 4.70. The van der Waals surface area contributed by atoms with Gasteiger partial charge in [-0.05, 0) is 35.0 Å². The van der Waals surface area contributed by atoms with Crippen LogP contribution in [0.5, 0.6) is 0 Å². The van der Waals surface area contributed by atoms with Crippen molar-refractivity contribution >= 4 is 31.6 Å². The van der Waals surface area contributed by atoms with Gasteiger partial charge < -0.3 is 9.52 Å². The van der Waals surface area contributed by atoms with Crippen LogP contribution >= 0.6 is 15.9 Å². The van der Waals surface area contributed by atoms with Crippen LogP contribution in [0.3, 0.4) is 0 Å². The van der Waals surface area contributed by atoms with Crippen LogP contribution in [0.15, 0.2) is 44.3 Å². The second kappa shape index (κ2) is 6.17. The van der Waals surface area contributed by atoms with Crippen LogP contribution in [0.25, 0.3) is 0 Å². The van der Waals surface area contributed by atoms with E-state index in [4.69, 9.17) is 9.52 Å². The predicted octanol–water partition coefficient (Wildman–Crippen LogP) is 2.89. The number of hydrogen-bond donors (Lipinski definition) is 1. The van der Waals surface area contributed by atoms with Gasteiger partial charge >= 0.3 is 0 Å². The van der Waals surface area contributed by atoms with Gasteiger partial charge in [0, 0.05) is 12.6 Å². The van der Waals surface area contributed by atoms with Crippen molar-refractivity contribution in [3.05, 3.63) is 46.6 Å². The summed E-state index contributed by atoms with van der Waals surface area (Å²) in [6.07, 6.45) is 0. The summed E-state index contributed by atoms with van der Waals surface area (Å²) in [6, 6.07) is 6.83. The standard InChI is InChI=1S/C13H13BrFNO4S/c1-2-16(11-6-4-3-5-10(11)15)21(18,19)12-7-9(8-17)20-13(12)14/h3-7,17H,2,8H2,1H3. The number of anilines is 1. The Morgan fingerprint density at radius 3 is 2.57 bits per heavy atom. The van der Waals surface area contributed by atoms with Crippen LogP contribution in [0.2, 0.25) is 0 Å². The Morgan fingerprint density at radius 1 is 1.38 bits per heavy atom. The lowest BCUT2D eigenvalue weighted by Crippen LogP contribution is -2.31. The maximum Gasteiger partial charge on any atom is 0.268 e. The molecule has 1 N–H and O–H groups in total. The van der Waals surface area contributed by atoms with Gasteiger partial charge in [-0.15, -0.1) is 0 Å². The summed E-state index contributed by atoms with van der Waals surface area (Å²) >= 11 is 3.00. The maximum absolute atomic E-state index is 13.9. The SMILES string of the molecule is CCN(c1ccccc1F)S(=O)(=O)c1cc(CO)oc1Br. The first-order valence-electron chi connectivity index (χ1n) is 6.08. The van der Waals surface area contributed by atoms with Crippen molar-refractivity contribution in [1.29, 1.82) is 0 Å². The van der Waals surface area contributed by atoms with Crippen molar-refractivity contribution in [3.8, 4) is 0 Å². The molecule has 0 aliphatic heterocycles. The summed E-state index contributed by atoms with van der Waals surface area (Å²) in [5.41, 5.74) is -0.0429. The summed E-state index contributed by atoms with van der Waals surface area (Å²) in [4.78, 5) is -0.156. The number of furan rings is 1. The topological polar surface area (TPSA) is 70.8 Å². The van der Waals surface area contributed by atoms with Gasteiger partial charge in [-0.3, -0.25) is 4.31 Å². The molecule has 8 heteroatoms. The maximum atomic E-state index is 13.9. The first-order chi connectivity index (χ1) is 9.91. The Labute approximate surface area is 130 Å². The zero-order valence-electron chi connectivity index (χ0n) is 11.1. The van der Waals surface area contributed by atoms with Gasteiger partial charge in [0.1, 0.15) is 23.1 Å². The van der Waals surface area contributed by atoms with Crippen LogP contribution in [-0.2, 0) is 16.6 Å². The number of hydrogen-bond acceptors (Lipinski definition) is 4. The number of nitrogens with zero attached hydrogens (tertiary/aromatic N) is 1. The highest BCUT2D eigenvalue weighted by atomic mass is 79.9. The molecule has 0 aliphatic carbocycles. The van der Waals surface area contributed by atoms with E-state index in [2.05, 4.69) is 15.9 Å². The lowest BCUT2D eigenvalue weighted by molar-refractivity contribution is 0.245. The summed E-state index contributed by atoms with van der Waals surface area (Å²) in [6.45, 7) is 1.22. The van der Waals surface area contributed by atoms with Crippen LogP contribution in [-0.4, -0.2) is 20.1 Å². The second-order valence-electron chi connectivity index (χ2n) is 4.13. The van der Waals surface area contributed by atoms with Gasteiger partial charge in [0.2, 0.25) is 0 Å². The molecule has 1 aromatic carbocycles. The number of aliphatic hydroxyl groups excluding tert-OH is 1. The molecule has 0 aliphatic rings. The van der Waals surface area contributed by atoms with E-state index in [1.54, 1.807) is 13.0 Å². The van der Waals surface area contributed by atoms with E-state index in [0.717, 1.165) is 4.31 Å². The van der Waals surface area contributed by atoms with Gasteiger partial charge in [0.05, 0.1) is 5.69 Å². The molecule has 0 amide bonds. The smallest absolute Gasteiger partial charge is 0.268 e. The summed E-state index contributed by atoms with van der Waals surface area (Å²) in [7, 11) is -4.01. The van der Waals surface area contributed by atoms with E-state index in [9.17, 15) is 12.8 Å². The molecule has 5 nitrogen and oxygen atoms in total. The fraction of sp³-hybridized carbons (Fsp3) is 0.231. The minimum Gasteiger partial charge on any atom is -0.450 e. The van der Waals surface area contributed by atoms with E-state index in [-0.39, 0.29) is 27.6 Å². The van der Waals surface area contributed by atoms with Crippen molar-refractivity contribution < 1.29 is 22.3 Å². The van der Waals surface area contributed by atoms with Gasteiger partial charge in [-0.1, -0.05) is 12.1 Å². The highest BCUT2D eigenvalue weighted by Gasteiger charge is 2.30. The van der Waals surface area contributed by atoms with Gasteiger partial charge in [-0.2, -0.15) is 0 Å². The van der Waals surface area contributed by atoms with E-state index in [0.29, 0.717) is 0 Å². The van der Waals surface area contributed by atoms with E-state index in [1.807, 2.05) is 0 Å².